The van der Waals surface area contributed by atoms with Crippen molar-refractivity contribution in [3.63, 3.8) is 0 Å². The molecule has 0 atom stereocenters. The normalized spacial score (nSPS) is 10.8. The monoisotopic (exact) mass is 250 g/mol. The van der Waals surface area contributed by atoms with Gasteiger partial charge in [0, 0.05) is 5.56 Å². The average Bonchev–Trinajstić information content (AvgIpc) is 2.64. The highest BCUT2D eigenvalue weighted by molar-refractivity contribution is 7.16. The van der Waals surface area contributed by atoms with Gasteiger partial charge in [0.1, 0.15) is 16.5 Å². The van der Waals surface area contributed by atoms with E-state index in [9.17, 15) is 4.39 Å². The van der Waals surface area contributed by atoms with Gasteiger partial charge in [0.05, 0.1) is 5.01 Å². The number of halogens is 1. The van der Waals surface area contributed by atoms with Crippen LogP contribution in [-0.2, 0) is 6.42 Å². The van der Waals surface area contributed by atoms with Gasteiger partial charge in [0.15, 0.2) is 0 Å². The van der Waals surface area contributed by atoms with Gasteiger partial charge in [-0.2, -0.15) is 0 Å². The highest BCUT2D eigenvalue weighted by atomic mass is 32.1. The molecule has 1 heterocycles. The summed E-state index contributed by atoms with van der Waals surface area (Å²) in [5.41, 5.74) is 8.02. The predicted octanol–water partition coefficient (Wildman–Crippen LogP) is 3.79. The summed E-state index contributed by atoms with van der Waals surface area (Å²) in [4.78, 5) is 4.47. The van der Waals surface area contributed by atoms with E-state index < -0.39 is 0 Å². The van der Waals surface area contributed by atoms with E-state index in [0.29, 0.717) is 16.3 Å². The molecule has 1 aromatic heterocycles. The molecule has 0 saturated carbocycles. The van der Waals surface area contributed by atoms with E-state index in [2.05, 4.69) is 11.9 Å². The summed E-state index contributed by atoms with van der Waals surface area (Å²) in [5, 5.41) is 1.68. The molecule has 2 nitrogen and oxygen atoms in total. The molecular weight excluding hydrogens is 235 g/mol. The van der Waals surface area contributed by atoms with Gasteiger partial charge in [-0.05, 0) is 31.4 Å². The maximum atomic E-state index is 13.5. The number of nitrogen functional groups attached to an aromatic ring is 1. The smallest absolute Gasteiger partial charge is 0.126 e. The Morgan fingerprint density at radius 3 is 2.82 bits per heavy atom. The Morgan fingerprint density at radius 1 is 1.41 bits per heavy atom. The molecule has 4 heteroatoms. The summed E-state index contributed by atoms with van der Waals surface area (Å²) < 4.78 is 13.5. The van der Waals surface area contributed by atoms with Crippen molar-refractivity contribution < 1.29 is 4.39 Å². The number of aromatic nitrogens is 1. The fourth-order valence-corrected chi connectivity index (χ4v) is 2.60. The summed E-state index contributed by atoms with van der Waals surface area (Å²) in [5.74, 6) is -0.216. The van der Waals surface area contributed by atoms with Crippen molar-refractivity contribution in [3.8, 4) is 11.3 Å². The SMILES string of the molecule is CCCc1nc(-c2ccc(C)c(F)c2)c(N)s1. The maximum Gasteiger partial charge on any atom is 0.126 e. The number of aryl methyl sites for hydroxylation is 2. The minimum absolute atomic E-state index is 0.216. The van der Waals surface area contributed by atoms with Crippen LogP contribution in [0.2, 0.25) is 0 Å². The van der Waals surface area contributed by atoms with Crippen LogP contribution in [0.25, 0.3) is 11.3 Å². The van der Waals surface area contributed by atoms with E-state index in [-0.39, 0.29) is 5.82 Å². The van der Waals surface area contributed by atoms with E-state index >= 15 is 0 Å². The number of thiazole rings is 1. The summed E-state index contributed by atoms with van der Waals surface area (Å²) >= 11 is 1.49. The molecule has 0 aliphatic carbocycles. The summed E-state index contributed by atoms with van der Waals surface area (Å²) in [6, 6.07) is 5.11. The van der Waals surface area contributed by atoms with Gasteiger partial charge in [0.2, 0.25) is 0 Å². The first-order valence-electron chi connectivity index (χ1n) is 5.63. The van der Waals surface area contributed by atoms with Crippen LogP contribution in [0.5, 0.6) is 0 Å². The van der Waals surface area contributed by atoms with Gasteiger partial charge < -0.3 is 5.73 Å². The summed E-state index contributed by atoms with van der Waals surface area (Å²) in [6.07, 6.45) is 1.96. The lowest BCUT2D eigenvalue weighted by molar-refractivity contribution is 0.619. The van der Waals surface area contributed by atoms with E-state index in [1.54, 1.807) is 13.0 Å². The van der Waals surface area contributed by atoms with Gasteiger partial charge >= 0.3 is 0 Å². The van der Waals surface area contributed by atoms with Gasteiger partial charge in [0.25, 0.3) is 0 Å². The Balaban J connectivity index is 2.41. The molecule has 0 radical (unpaired) electrons. The topological polar surface area (TPSA) is 38.9 Å². The second-order valence-corrected chi connectivity index (χ2v) is 5.15. The number of rotatable bonds is 3. The van der Waals surface area contributed by atoms with Crippen molar-refractivity contribution in [2.75, 3.05) is 5.73 Å². The number of benzene rings is 1. The number of nitrogens with zero attached hydrogens (tertiary/aromatic N) is 1. The van der Waals surface area contributed by atoms with Crippen molar-refractivity contribution in [2.45, 2.75) is 26.7 Å². The maximum absolute atomic E-state index is 13.5. The van der Waals surface area contributed by atoms with Crippen LogP contribution >= 0.6 is 11.3 Å². The fourth-order valence-electron chi connectivity index (χ4n) is 1.65. The Hall–Kier alpha value is -1.42. The number of anilines is 1. The van der Waals surface area contributed by atoms with Gasteiger partial charge in [-0.25, -0.2) is 9.37 Å². The lowest BCUT2D eigenvalue weighted by atomic mass is 10.1. The molecular formula is C13H15FN2S. The lowest BCUT2D eigenvalue weighted by Crippen LogP contribution is -1.89. The third-order valence-corrected chi connectivity index (χ3v) is 3.55. The number of hydrogen-bond acceptors (Lipinski definition) is 3. The zero-order chi connectivity index (χ0) is 12.4. The largest absolute Gasteiger partial charge is 0.389 e. The first-order chi connectivity index (χ1) is 8.11. The Morgan fingerprint density at radius 2 is 2.18 bits per heavy atom. The van der Waals surface area contributed by atoms with E-state index in [4.69, 9.17) is 5.73 Å². The predicted molar refractivity (Wildman–Crippen MR) is 70.7 cm³/mol. The van der Waals surface area contributed by atoms with E-state index in [1.165, 1.54) is 17.4 Å². The standard InChI is InChI=1S/C13H15FN2S/c1-3-4-11-16-12(13(15)17-11)9-6-5-8(2)10(14)7-9/h5-7H,3-4,15H2,1-2H3. The Kier molecular flexibility index (Phi) is 3.43. The zero-order valence-corrected chi connectivity index (χ0v) is 10.8. The van der Waals surface area contributed by atoms with Crippen LogP contribution in [0.4, 0.5) is 9.39 Å². The van der Waals surface area contributed by atoms with Crippen molar-refractivity contribution in [2.24, 2.45) is 0 Å². The molecule has 0 amide bonds. The molecule has 2 aromatic rings. The average molecular weight is 250 g/mol. The molecule has 17 heavy (non-hydrogen) atoms. The first kappa shape index (κ1) is 12.0. The van der Waals surface area contributed by atoms with Crippen LogP contribution in [-0.4, -0.2) is 4.98 Å². The highest BCUT2D eigenvalue weighted by Crippen LogP contribution is 2.31. The molecule has 0 aliphatic rings. The van der Waals surface area contributed by atoms with Crippen LogP contribution < -0.4 is 5.73 Å². The summed E-state index contributed by atoms with van der Waals surface area (Å²) in [7, 11) is 0. The minimum Gasteiger partial charge on any atom is -0.389 e. The van der Waals surface area contributed by atoms with Crippen molar-refractivity contribution >= 4 is 16.3 Å². The van der Waals surface area contributed by atoms with Crippen molar-refractivity contribution in [1.29, 1.82) is 0 Å². The molecule has 2 rings (SSSR count). The second kappa shape index (κ2) is 4.84. The fraction of sp³-hybridized carbons (Fsp3) is 0.308. The van der Waals surface area contributed by atoms with Crippen LogP contribution in [0.3, 0.4) is 0 Å². The Bertz CT molecular complexity index is 534. The van der Waals surface area contributed by atoms with Crippen LogP contribution in [0, 0.1) is 12.7 Å². The molecule has 0 bridgehead atoms. The number of nitrogens with two attached hydrogens (primary N) is 1. The van der Waals surface area contributed by atoms with Crippen LogP contribution in [0.1, 0.15) is 23.9 Å². The first-order valence-corrected chi connectivity index (χ1v) is 6.45. The van der Waals surface area contributed by atoms with Crippen molar-refractivity contribution in [1.82, 2.24) is 4.98 Å². The molecule has 0 spiro atoms. The second-order valence-electron chi connectivity index (χ2n) is 4.03. The quantitative estimate of drug-likeness (QED) is 0.900. The van der Waals surface area contributed by atoms with E-state index in [0.717, 1.165) is 23.4 Å². The van der Waals surface area contributed by atoms with Crippen LogP contribution in [0.15, 0.2) is 18.2 Å². The lowest BCUT2D eigenvalue weighted by Gasteiger charge is -2.01. The molecule has 0 fully saturated rings. The third kappa shape index (κ3) is 2.47. The third-order valence-electron chi connectivity index (χ3n) is 2.61. The molecule has 90 valence electrons. The molecule has 0 aliphatic heterocycles. The zero-order valence-electron chi connectivity index (χ0n) is 9.96. The molecule has 1 aromatic carbocycles. The van der Waals surface area contributed by atoms with Gasteiger partial charge in [-0.3, -0.25) is 0 Å². The highest BCUT2D eigenvalue weighted by Gasteiger charge is 2.11. The Labute approximate surface area is 104 Å². The van der Waals surface area contributed by atoms with Gasteiger partial charge in [-0.15, -0.1) is 11.3 Å². The molecule has 2 N–H and O–H groups in total. The van der Waals surface area contributed by atoms with Crippen molar-refractivity contribution in [3.05, 3.63) is 34.6 Å². The molecule has 0 unspecified atom stereocenters. The van der Waals surface area contributed by atoms with E-state index in [1.807, 2.05) is 6.07 Å². The number of hydrogen-bond donors (Lipinski definition) is 1. The van der Waals surface area contributed by atoms with Gasteiger partial charge in [-0.1, -0.05) is 19.1 Å². The molecule has 0 saturated heterocycles. The summed E-state index contributed by atoms with van der Waals surface area (Å²) in [6.45, 7) is 3.84. The minimum atomic E-state index is -0.216.